The van der Waals surface area contributed by atoms with Crippen molar-refractivity contribution in [3.63, 3.8) is 0 Å². The lowest BCUT2D eigenvalue weighted by Gasteiger charge is -1.96. The van der Waals surface area contributed by atoms with Gasteiger partial charge in [0.15, 0.2) is 0 Å². The van der Waals surface area contributed by atoms with Crippen molar-refractivity contribution in [3.8, 4) is 0 Å². The number of benzene rings is 1. The molecule has 0 bridgehead atoms. The maximum Gasteiger partial charge on any atom is 0.142 e. The van der Waals surface area contributed by atoms with Gasteiger partial charge in [0.2, 0.25) is 0 Å². The second-order valence-electron chi connectivity index (χ2n) is 2.07. The lowest BCUT2D eigenvalue weighted by Crippen LogP contribution is -1.84. The fourth-order valence-electron chi connectivity index (χ4n) is 0.746. The molecule has 0 heterocycles. The summed E-state index contributed by atoms with van der Waals surface area (Å²) in [7, 11) is 0. The normalized spacial score (nSPS) is 10.3. The van der Waals surface area contributed by atoms with Gasteiger partial charge in [-0.05, 0) is 12.5 Å². The van der Waals surface area contributed by atoms with Crippen molar-refractivity contribution in [3.05, 3.63) is 35.9 Å². The van der Waals surface area contributed by atoms with E-state index in [9.17, 15) is 0 Å². The van der Waals surface area contributed by atoms with Gasteiger partial charge in [0.05, 0.1) is 0 Å². The molecule has 11 heavy (non-hydrogen) atoms. The van der Waals surface area contributed by atoms with E-state index < -0.39 is 0 Å². The fraction of sp³-hybridized carbons (Fsp3) is 0.222. The van der Waals surface area contributed by atoms with Gasteiger partial charge in [0.25, 0.3) is 0 Å². The predicted octanol–water partition coefficient (Wildman–Crippen LogP) is 2.09. The summed E-state index contributed by atoms with van der Waals surface area (Å²) in [5.74, 6) is 0. The minimum Gasteiger partial charge on any atom is -0.391 e. The summed E-state index contributed by atoms with van der Waals surface area (Å²) in [6, 6.07) is 9.89. The van der Waals surface area contributed by atoms with Crippen LogP contribution >= 0.6 is 0 Å². The van der Waals surface area contributed by atoms with Crippen LogP contribution in [-0.4, -0.2) is 6.21 Å². The van der Waals surface area contributed by atoms with E-state index in [2.05, 4.69) is 11.4 Å². The molecule has 57 valence electrons. The molecule has 0 aliphatic heterocycles. The molecule has 1 aromatic rings. The van der Waals surface area contributed by atoms with Gasteiger partial charge in [-0.3, -0.25) is 0 Å². The van der Waals surface area contributed by atoms with Crippen LogP contribution in [0.4, 0.5) is 0 Å². The van der Waals surface area contributed by atoms with E-state index >= 15 is 0 Å². The monoisotopic (exact) mass is 148 g/mol. The lowest BCUT2D eigenvalue weighted by molar-refractivity contribution is 0.132. The Bertz CT molecular complexity index is 218. The third-order valence-corrected chi connectivity index (χ3v) is 1.23. The Morgan fingerprint density at radius 1 is 1.36 bits per heavy atom. The molecular weight excluding hydrogens is 138 g/mol. The van der Waals surface area contributed by atoms with Crippen LogP contribution < -0.4 is 0 Å². The van der Waals surface area contributed by atoms with Crippen LogP contribution in [0.15, 0.2) is 35.5 Å². The van der Waals surface area contributed by atoms with Crippen LogP contribution in [0.5, 0.6) is 0 Å². The van der Waals surface area contributed by atoms with Gasteiger partial charge in [0.1, 0.15) is 12.8 Å². The Hall–Kier alpha value is -1.31. The molecule has 1 radical (unpaired) electrons. The first-order chi connectivity index (χ1) is 5.43. The topological polar surface area (TPSA) is 21.6 Å². The molecule has 2 nitrogen and oxygen atoms in total. The zero-order chi connectivity index (χ0) is 7.94. The van der Waals surface area contributed by atoms with Crippen LogP contribution in [0.1, 0.15) is 12.5 Å². The lowest BCUT2D eigenvalue weighted by atomic mass is 10.2. The van der Waals surface area contributed by atoms with Crippen molar-refractivity contribution >= 4 is 6.21 Å². The Labute approximate surface area is 66.5 Å². The van der Waals surface area contributed by atoms with Crippen molar-refractivity contribution in [1.29, 1.82) is 0 Å². The van der Waals surface area contributed by atoms with E-state index in [1.165, 1.54) is 0 Å². The van der Waals surface area contributed by atoms with E-state index in [4.69, 9.17) is 4.84 Å². The minimum atomic E-state index is 0.516. The first-order valence-corrected chi connectivity index (χ1v) is 3.46. The van der Waals surface area contributed by atoms with Gasteiger partial charge >= 0.3 is 0 Å². The molecule has 0 aromatic heterocycles. The van der Waals surface area contributed by atoms with E-state index in [0.717, 1.165) is 5.56 Å². The van der Waals surface area contributed by atoms with Gasteiger partial charge in [0, 0.05) is 0 Å². The highest BCUT2D eigenvalue weighted by atomic mass is 16.6. The number of hydrogen-bond acceptors (Lipinski definition) is 2. The second kappa shape index (κ2) is 4.50. The maximum atomic E-state index is 4.88. The van der Waals surface area contributed by atoms with Gasteiger partial charge in [-0.15, -0.1) is 0 Å². The fourth-order valence-corrected chi connectivity index (χ4v) is 0.746. The van der Waals surface area contributed by atoms with Crippen molar-refractivity contribution in [2.24, 2.45) is 5.16 Å². The number of rotatable bonds is 3. The molecule has 0 fully saturated rings. The van der Waals surface area contributed by atoms with E-state index in [-0.39, 0.29) is 0 Å². The third kappa shape index (κ3) is 2.85. The van der Waals surface area contributed by atoms with Crippen LogP contribution in [0.3, 0.4) is 0 Å². The van der Waals surface area contributed by atoms with Crippen LogP contribution in [0.25, 0.3) is 0 Å². The number of nitrogens with zero attached hydrogens (tertiary/aromatic N) is 1. The van der Waals surface area contributed by atoms with Crippen LogP contribution in [-0.2, 0) is 11.4 Å². The largest absolute Gasteiger partial charge is 0.391 e. The molecule has 2 heteroatoms. The Kier molecular flexibility index (Phi) is 3.19. The average molecular weight is 148 g/mol. The Morgan fingerprint density at radius 2 is 2.09 bits per heavy atom. The molecule has 0 aliphatic rings. The summed E-state index contributed by atoms with van der Waals surface area (Å²) >= 11 is 0. The summed E-state index contributed by atoms with van der Waals surface area (Å²) in [6.07, 6.45) is 2.54. The molecule has 0 saturated carbocycles. The van der Waals surface area contributed by atoms with Crippen molar-refractivity contribution in [1.82, 2.24) is 0 Å². The second-order valence-corrected chi connectivity index (χ2v) is 2.07. The maximum absolute atomic E-state index is 4.88. The SMILES string of the molecule is C/[C]=N\OCc1ccccc1. The summed E-state index contributed by atoms with van der Waals surface area (Å²) in [5, 5.41) is 3.52. The molecule has 1 aromatic carbocycles. The summed E-state index contributed by atoms with van der Waals surface area (Å²) in [6.45, 7) is 2.21. The zero-order valence-electron chi connectivity index (χ0n) is 6.45. The van der Waals surface area contributed by atoms with E-state index in [0.29, 0.717) is 6.61 Å². The molecule has 0 unspecified atom stereocenters. The molecule has 1 rings (SSSR count). The van der Waals surface area contributed by atoms with Gasteiger partial charge in [-0.25, -0.2) is 0 Å². The molecular formula is C9H10NO. The highest BCUT2D eigenvalue weighted by Gasteiger charge is 1.87. The first-order valence-electron chi connectivity index (χ1n) is 3.46. The number of hydrogen-bond donors (Lipinski definition) is 0. The van der Waals surface area contributed by atoms with Crippen LogP contribution in [0, 0.1) is 0 Å². The van der Waals surface area contributed by atoms with E-state index in [1.54, 1.807) is 6.92 Å². The molecule has 0 amide bonds. The summed E-state index contributed by atoms with van der Waals surface area (Å²) < 4.78 is 0. The van der Waals surface area contributed by atoms with Crippen molar-refractivity contribution < 1.29 is 4.84 Å². The van der Waals surface area contributed by atoms with E-state index in [1.807, 2.05) is 30.3 Å². The molecule has 0 saturated heterocycles. The quantitative estimate of drug-likeness (QED) is 0.475. The average Bonchev–Trinajstić information content (AvgIpc) is 2.07. The standard InChI is InChI=1S/C9H10NO/c1-2-10-11-8-9-6-4-3-5-7-9/h3-7H,8H2,1H3. The Morgan fingerprint density at radius 3 is 2.73 bits per heavy atom. The summed E-state index contributed by atoms with van der Waals surface area (Å²) in [4.78, 5) is 4.88. The highest BCUT2D eigenvalue weighted by Crippen LogP contribution is 1.99. The van der Waals surface area contributed by atoms with Gasteiger partial charge in [-0.2, -0.15) is 0 Å². The van der Waals surface area contributed by atoms with Crippen LogP contribution in [0.2, 0.25) is 0 Å². The van der Waals surface area contributed by atoms with Crippen molar-refractivity contribution in [2.75, 3.05) is 0 Å². The van der Waals surface area contributed by atoms with Gasteiger partial charge < -0.3 is 4.84 Å². The molecule has 0 spiro atoms. The molecule has 0 atom stereocenters. The molecule has 0 aliphatic carbocycles. The minimum absolute atomic E-state index is 0.516. The van der Waals surface area contributed by atoms with Gasteiger partial charge in [-0.1, -0.05) is 35.5 Å². The van der Waals surface area contributed by atoms with Crippen molar-refractivity contribution in [2.45, 2.75) is 13.5 Å². The Balaban J connectivity index is 2.39. The predicted molar refractivity (Wildman–Crippen MR) is 44.3 cm³/mol. The molecule has 0 N–H and O–H groups in total. The highest BCUT2D eigenvalue weighted by molar-refractivity contribution is 5.52. The smallest absolute Gasteiger partial charge is 0.142 e. The first kappa shape index (κ1) is 7.79. The summed E-state index contributed by atoms with van der Waals surface area (Å²) in [5.41, 5.74) is 1.12. The zero-order valence-corrected chi connectivity index (χ0v) is 6.45. The third-order valence-electron chi connectivity index (χ3n) is 1.23.